The number of hydrogen-bond acceptors (Lipinski definition) is 2. The van der Waals surface area contributed by atoms with Crippen LogP contribution in [-0.2, 0) is 8.99 Å². The molecule has 1 unspecified atom stereocenters. The van der Waals surface area contributed by atoms with Gasteiger partial charge < -0.3 is 8.99 Å². The van der Waals surface area contributed by atoms with Crippen LogP contribution >= 0.6 is 23.1 Å². The Morgan fingerprint density at radius 2 is 1.67 bits per heavy atom. The van der Waals surface area contributed by atoms with Crippen LogP contribution in [0.5, 0.6) is 0 Å². The smallest absolute Gasteiger partial charge is 0.199 e. The predicted octanol–water partition coefficient (Wildman–Crippen LogP) is 5.47. The highest BCUT2D eigenvalue weighted by molar-refractivity contribution is 9.09. The maximum Gasteiger partial charge on any atom is 0.199 e. The average Bonchev–Trinajstić information content (AvgIpc) is 2.51. The van der Waals surface area contributed by atoms with E-state index < -0.39 is 21.1 Å². The summed E-state index contributed by atoms with van der Waals surface area (Å²) in [4.78, 5) is 0.853. The van der Waals surface area contributed by atoms with Gasteiger partial charge in [-0.2, -0.15) is 0 Å². The number of halogens is 1. The minimum absolute atomic E-state index is 0.214. The third-order valence-electron chi connectivity index (χ3n) is 4.20. The lowest BCUT2D eigenvalue weighted by atomic mass is 9.81. The molecule has 1 rings (SSSR count). The van der Waals surface area contributed by atoms with E-state index in [0.717, 1.165) is 10.3 Å². The molecule has 1 atom stereocenters. The van der Waals surface area contributed by atoms with Gasteiger partial charge in [-0.25, -0.2) is 0 Å². The van der Waals surface area contributed by atoms with Crippen LogP contribution in [0.25, 0.3) is 0 Å². The van der Waals surface area contributed by atoms with E-state index in [-0.39, 0.29) is 11.8 Å². The predicted molar refractivity (Wildman–Crippen MR) is 112 cm³/mol. The molecule has 0 radical (unpaired) electrons. The van der Waals surface area contributed by atoms with Crippen LogP contribution in [0.15, 0.2) is 30.3 Å². The Morgan fingerprint density at radius 1 is 1.17 bits per heavy atom. The molecule has 0 amide bonds. The van der Waals surface area contributed by atoms with E-state index in [1.807, 2.05) is 30.3 Å². The number of benzene rings is 1. The van der Waals surface area contributed by atoms with Gasteiger partial charge >= 0.3 is 0 Å². The van der Waals surface area contributed by atoms with E-state index in [4.69, 9.17) is 4.43 Å². The lowest BCUT2D eigenvalue weighted by Crippen LogP contribution is -2.51. The van der Waals surface area contributed by atoms with E-state index in [0.29, 0.717) is 0 Å². The van der Waals surface area contributed by atoms with Crippen molar-refractivity contribution < 1.29 is 8.99 Å². The third-order valence-corrected chi connectivity index (χ3v) is 11.6. The van der Waals surface area contributed by atoms with Crippen molar-refractivity contribution in [1.29, 1.82) is 0 Å². The highest BCUT2D eigenvalue weighted by Crippen LogP contribution is 2.40. The van der Waals surface area contributed by atoms with Crippen LogP contribution < -0.4 is 5.30 Å². The van der Waals surface area contributed by atoms with Gasteiger partial charge in [-0.1, -0.05) is 79.9 Å². The molecule has 0 aliphatic heterocycles. The van der Waals surface area contributed by atoms with Gasteiger partial charge in [0.2, 0.25) is 0 Å². The molecule has 2 nitrogen and oxygen atoms in total. The second-order valence-corrected chi connectivity index (χ2v) is 15.9. The van der Waals surface area contributed by atoms with Gasteiger partial charge in [-0.3, -0.25) is 0 Å². The van der Waals surface area contributed by atoms with Crippen molar-refractivity contribution in [3.8, 4) is 11.6 Å². The summed E-state index contributed by atoms with van der Waals surface area (Å²) in [6, 6.07) is 9.52. The second-order valence-electron chi connectivity index (χ2n) is 7.59. The first-order valence-corrected chi connectivity index (χ1v) is 14.8. The molecule has 0 saturated heterocycles. The van der Waals surface area contributed by atoms with Crippen molar-refractivity contribution in [2.75, 3.05) is 11.6 Å². The molecule has 0 heterocycles. The van der Waals surface area contributed by atoms with Crippen molar-refractivity contribution in [3.63, 3.8) is 0 Å². The number of rotatable bonds is 6. The maximum absolute atomic E-state index is 13.1. The molecule has 0 saturated carbocycles. The minimum atomic E-state index is -2.73. The monoisotopic (exact) mass is 428 g/mol. The Balaban J connectivity index is 3.36. The van der Waals surface area contributed by atoms with Gasteiger partial charge in [0, 0.05) is 16.9 Å². The van der Waals surface area contributed by atoms with Gasteiger partial charge in [0.1, 0.15) is 5.60 Å². The van der Waals surface area contributed by atoms with Crippen molar-refractivity contribution in [3.05, 3.63) is 30.3 Å². The molecule has 0 bridgehead atoms. The van der Waals surface area contributed by atoms with Gasteiger partial charge in [0.15, 0.2) is 15.5 Å². The standard InChI is InChI=1S/C19H30BrO2PSi/c1-16(2)19(17(3)4,22-24(6,7)15-20)13-14-23(5,21)18-11-9-8-10-12-18/h8-12,16-17H,15H2,1-7H3. The van der Waals surface area contributed by atoms with E-state index in [9.17, 15) is 4.57 Å². The van der Waals surface area contributed by atoms with Gasteiger partial charge in [0.25, 0.3) is 0 Å². The van der Waals surface area contributed by atoms with Crippen LogP contribution in [-0.4, -0.2) is 25.5 Å². The Labute approximate surface area is 157 Å². The van der Waals surface area contributed by atoms with Crippen molar-refractivity contribution in [2.24, 2.45) is 11.8 Å². The quantitative estimate of drug-likeness (QED) is 0.259. The molecule has 1 aromatic carbocycles. The summed E-state index contributed by atoms with van der Waals surface area (Å²) in [7, 11) is -4.62. The maximum atomic E-state index is 13.1. The molecule has 0 aromatic heterocycles. The first-order valence-electron chi connectivity index (χ1n) is 8.40. The molecule has 1 aromatic rings. The molecule has 0 aliphatic carbocycles. The van der Waals surface area contributed by atoms with Gasteiger partial charge in [0.05, 0.1) is 0 Å². The Hall–Kier alpha value is -0.333. The lowest BCUT2D eigenvalue weighted by molar-refractivity contribution is 0.0275. The zero-order valence-corrected chi connectivity index (χ0v) is 19.4. The minimum Gasteiger partial charge on any atom is -0.400 e. The normalized spacial score (nSPS) is 15.1. The summed E-state index contributed by atoms with van der Waals surface area (Å²) in [5.41, 5.74) is 2.53. The van der Waals surface area contributed by atoms with E-state index >= 15 is 0 Å². The molecular formula is C19H30BrO2PSi. The second kappa shape index (κ2) is 8.36. The first kappa shape index (κ1) is 21.7. The van der Waals surface area contributed by atoms with Crippen LogP contribution in [0.4, 0.5) is 0 Å². The fourth-order valence-electron chi connectivity index (χ4n) is 2.67. The Kier molecular flexibility index (Phi) is 7.57. The van der Waals surface area contributed by atoms with Gasteiger partial charge in [-0.05, 0) is 30.6 Å². The molecule has 0 N–H and O–H groups in total. The topological polar surface area (TPSA) is 26.3 Å². The molecule has 0 fully saturated rings. The van der Waals surface area contributed by atoms with Crippen molar-refractivity contribution in [1.82, 2.24) is 0 Å². The van der Waals surface area contributed by atoms with Crippen LogP contribution in [0.3, 0.4) is 0 Å². The summed E-state index contributed by atoms with van der Waals surface area (Å²) in [6.45, 7) is 14.7. The molecule has 24 heavy (non-hydrogen) atoms. The average molecular weight is 429 g/mol. The first-order chi connectivity index (χ1) is 11.0. The summed E-state index contributed by atoms with van der Waals surface area (Å²) < 4.78 is 19.7. The third kappa shape index (κ3) is 5.33. The van der Waals surface area contributed by atoms with E-state index in [2.05, 4.69) is 68.3 Å². The summed E-state index contributed by atoms with van der Waals surface area (Å²) in [5, 5.41) is 0.802. The fraction of sp³-hybridized carbons (Fsp3) is 0.579. The molecule has 134 valence electrons. The van der Waals surface area contributed by atoms with Crippen molar-refractivity contribution >= 4 is 36.7 Å². The number of hydrogen-bond donors (Lipinski definition) is 0. The van der Waals surface area contributed by atoms with E-state index in [1.165, 1.54) is 0 Å². The summed E-state index contributed by atoms with van der Waals surface area (Å²) in [5.74, 6) is 3.77. The highest BCUT2D eigenvalue weighted by atomic mass is 79.9. The fourth-order valence-corrected chi connectivity index (χ4v) is 5.77. The van der Waals surface area contributed by atoms with Gasteiger partial charge in [-0.15, -0.1) is 0 Å². The lowest BCUT2D eigenvalue weighted by Gasteiger charge is -2.42. The van der Waals surface area contributed by atoms with Crippen LogP contribution in [0, 0.1) is 23.4 Å². The van der Waals surface area contributed by atoms with Crippen LogP contribution in [0.2, 0.25) is 13.1 Å². The molecule has 5 heteroatoms. The van der Waals surface area contributed by atoms with Crippen LogP contribution in [0.1, 0.15) is 27.7 Å². The Bertz CT molecular complexity index is 636. The SMILES string of the molecule is CC(C)C(C#CP(C)(=O)c1ccccc1)(O[Si](C)(C)CBr)C(C)C. The van der Waals surface area contributed by atoms with E-state index in [1.54, 1.807) is 6.66 Å². The number of alkyl halides is 1. The zero-order chi connectivity index (χ0) is 18.6. The Morgan fingerprint density at radius 3 is 2.08 bits per heavy atom. The molecule has 0 aliphatic rings. The largest absolute Gasteiger partial charge is 0.400 e. The molecule has 0 spiro atoms. The highest BCUT2D eigenvalue weighted by Gasteiger charge is 2.42. The summed E-state index contributed by atoms with van der Waals surface area (Å²) in [6.07, 6.45) is 0. The molecular weight excluding hydrogens is 399 g/mol. The summed E-state index contributed by atoms with van der Waals surface area (Å²) >= 11 is 3.58. The van der Waals surface area contributed by atoms with Crippen molar-refractivity contribution in [2.45, 2.75) is 46.4 Å². The zero-order valence-electron chi connectivity index (χ0n) is 15.9.